The molecule has 0 bridgehead atoms. The minimum atomic E-state index is -0.165. The first kappa shape index (κ1) is 23.1. The number of benzene rings is 2. The molecule has 0 spiro atoms. The molecule has 1 fully saturated rings. The highest BCUT2D eigenvalue weighted by Crippen LogP contribution is 2.28. The standard InChI is InChI=1S/C26H27ClN6O2/c1-18-5-8-20(9-6-18)33-24(29-21-4-3-11-28-25(21)33)17-31-12-14-32(15-13-31)26(34)30-22-16-19(27)7-10-23(22)35-2/h3-11,16H,12-15,17H2,1-2H3,(H,30,34). The van der Waals surface area contributed by atoms with Crippen LogP contribution < -0.4 is 10.1 Å². The lowest BCUT2D eigenvalue weighted by molar-refractivity contribution is 0.140. The molecular formula is C26H27ClN6O2. The van der Waals surface area contributed by atoms with Gasteiger partial charge < -0.3 is 15.0 Å². The summed E-state index contributed by atoms with van der Waals surface area (Å²) < 4.78 is 7.46. The number of hydrogen-bond donors (Lipinski definition) is 1. The molecule has 180 valence electrons. The second-order valence-corrected chi connectivity index (χ2v) is 9.02. The Hall–Kier alpha value is -3.62. The van der Waals surface area contributed by atoms with Gasteiger partial charge in [0.25, 0.3) is 0 Å². The smallest absolute Gasteiger partial charge is 0.322 e. The normalized spacial score (nSPS) is 14.3. The molecule has 9 heteroatoms. The first-order chi connectivity index (χ1) is 17.0. The number of amides is 2. The molecule has 2 aromatic heterocycles. The van der Waals surface area contributed by atoms with Crippen molar-refractivity contribution < 1.29 is 9.53 Å². The van der Waals surface area contributed by atoms with E-state index in [-0.39, 0.29) is 6.03 Å². The van der Waals surface area contributed by atoms with E-state index >= 15 is 0 Å². The van der Waals surface area contributed by atoms with E-state index in [0.29, 0.717) is 36.1 Å². The maximum absolute atomic E-state index is 12.9. The molecule has 0 saturated carbocycles. The number of methoxy groups -OCH3 is 1. The molecule has 35 heavy (non-hydrogen) atoms. The fourth-order valence-electron chi connectivity index (χ4n) is 4.31. The van der Waals surface area contributed by atoms with Gasteiger partial charge in [-0.1, -0.05) is 29.3 Å². The van der Waals surface area contributed by atoms with Crippen LogP contribution in [0, 0.1) is 6.92 Å². The Balaban J connectivity index is 1.28. The summed E-state index contributed by atoms with van der Waals surface area (Å²) in [4.78, 5) is 26.5. The van der Waals surface area contributed by atoms with Crippen LogP contribution >= 0.6 is 11.6 Å². The fourth-order valence-corrected chi connectivity index (χ4v) is 4.48. The summed E-state index contributed by atoms with van der Waals surface area (Å²) in [5, 5.41) is 3.46. The van der Waals surface area contributed by atoms with Gasteiger partial charge in [0.1, 0.15) is 17.1 Å². The summed E-state index contributed by atoms with van der Waals surface area (Å²) in [6.45, 7) is 5.44. The second kappa shape index (κ2) is 9.93. The first-order valence-corrected chi connectivity index (χ1v) is 11.9. The van der Waals surface area contributed by atoms with Crippen LogP contribution in [-0.4, -0.2) is 63.7 Å². The molecule has 0 radical (unpaired) electrons. The van der Waals surface area contributed by atoms with Gasteiger partial charge in [-0.05, 0) is 49.4 Å². The van der Waals surface area contributed by atoms with Crippen molar-refractivity contribution in [2.45, 2.75) is 13.5 Å². The lowest BCUT2D eigenvalue weighted by Gasteiger charge is -2.34. The van der Waals surface area contributed by atoms with Crippen molar-refractivity contribution in [2.75, 3.05) is 38.6 Å². The topological polar surface area (TPSA) is 75.5 Å². The molecule has 1 aliphatic heterocycles. The average Bonchev–Trinajstić information content (AvgIpc) is 3.23. The van der Waals surface area contributed by atoms with Gasteiger partial charge in [-0.15, -0.1) is 0 Å². The summed E-state index contributed by atoms with van der Waals surface area (Å²) >= 11 is 6.09. The Morgan fingerprint density at radius 2 is 1.86 bits per heavy atom. The van der Waals surface area contributed by atoms with Crippen LogP contribution in [0.1, 0.15) is 11.4 Å². The van der Waals surface area contributed by atoms with Crippen molar-refractivity contribution >= 4 is 34.5 Å². The number of anilines is 1. The number of fused-ring (bicyclic) bond motifs is 1. The van der Waals surface area contributed by atoms with E-state index in [4.69, 9.17) is 21.3 Å². The lowest BCUT2D eigenvalue weighted by Crippen LogP contribution is -2.49. The quantitative estimate of drug-likeness (QED) is 0.437. The Bertz CT molecular complexity index is 1350. The van der Waals surface area contributed by atoms with E-state index in [0.717, 1.165) is 35.8 Å². The second-order valence-electron chi connectivity index (χ2n) is 8.58. The van der Waals surface area contributed by atoms with Gasteiger partial charge in [0.2, 0.25) is 0 Å². The van der Waals surface area contributed by atoms with Crippen molar-refractivity contribution in [1.82, 2.24) is 24.3 Å². The maximum atomic E-state index is 12.9. The third-order valence-electron chi connectivity index (χ3n) is 6.21. The number of carbonyl (C=O) groups excluding carboxylic acids is 1. The van der Waals surface area contributed by atoms with Gasteiger partial charge in [0.05, 0.1) is 19.3 Å². The van der Waals surface area contributed by atoms with Gasteiger partial charge >= 0.3 is 6.03 Å². The van der Waals surface area contributed by atoms with Gasteiger partial charge in [-0.2, -0.15) is 0 Å². The van der Waals surface area contributed by atoms with E-state index in [1.54, 1.807) is 36.4 Å². The number of piperazine rings is 1. The zero-order valence-electron chi connectivity index (χ0n) is 19.7. The maximum Gasteiger partial charge on any atom is 0.322 e. The molecule has 0 atom stereocenters. The monoisotopic (exact) mass is 490 g/mol. The molecule has 1 saturated heterocycles. The van der Waals surface area contributed by atoms with Crippen molar-refractivity contribution in [3.63, 3.8) is 0 Å². The van der Waals surface area contributed by atoms with E-state index in [1.807, 2.05) is 12.1 Å². The number of pyridine rings is 1. The van der Waals surface area contributed by atoms with Crippen LogP contribution in [0.25, 0.3) is 16.9 Å². The number of urea groups is 1. The average molecular weight is 491 g/mol. The van der Waals surface area contributed by atoms with E-state index in [2.05, 4.69) is 51.0 Å². The zero-order chi connectivity index (χ0) is 24.4. The molecule has 8 nitrogen and oxygen atoms in total. The number of carbonyl (C=O) groups is 1. The van der Waals surface area contributed by atoms with Crippen LogP contribution in [0.4, 0.5) is 10.5 Å². The summed E-state index contributed by atoms with van der Waals surface area (Å²) in [5.74, 6) is 1.51. The van der Waals surface area contributed by atoms with Gasteiger partial charge in [0.15, 0.2) is 5.65 Å². The van der Waals surface area contributed by atoms with Crippen molar-refractivity contribution in [3.8, 4) is 11.4 Å². The number of ether oxygens (including phenoxy) is 1. The number of nitrogens with zero attached hydrogens (tertiary/aromatic N) is 5. The van der Waals surface area contributed by atoms with Gasteiger partial charge in [-0.3, -0.25) is 9.47 Å². The number of aromatic nitrogens is 3. The van der Waals surface area contributed by atoms with Crippen molar-refractivity contribution in [2.24, 2.45) is 0 Å². The molecule has 1 aliphatic rings. The number of halogens is 1. The van der Waals surface area contributed by atoms with Gasteiger partial charge in [-0.25, -0.2) is 14.8 Å². The molecule has 2 amide bonds. The number of aryl methyl sites for hydroxylation is 1. The highest BCUT2D eigenvalue weighted by atomic mass is 35.5. The number of nitrogens with one attached hydrogen (secondary N) is 1. The lowest BCUT2D eigenvalue weighted by atomic mass is 10.2. The van der Waals surface area contributed by atoms with Crippen LogP contribution in [0.2, 0.25) is 5.02 Å². The minimum Gasteiger partial charge on any atom is -0.495 e. The summed E-state index contributed by atoms with van der Waals surface area (Å²) in [7, 11) is 1.57. The van der Waals surface area contributed by atoms with Crippen LogP contribution in [0.3, 0.4) is 0 Å². The van der Waals surface area contributed by atoms with Crippen molar-refractivity contribution in [1.29, 1.82) is 0 Å². The van der Waals surface area contributed by atoms with Crippen LogP contribution in [-0.2, 0) is 6.54 Å². The zero-order valence-corrected chi connectivity index (χ0v) is 20.5. The van der Waals surface area contributed by atoms with E-state index in [9.17, 15) is 4.79 Å². The summed E-state index contributed by atoms with van der Waals surface area (Å²) in [6.07, 6.45) is 1.80. The van der Waals surface area contributed by atoms with Gasteiger partial charge in [0, 0.05) is 43.1 Å². The molecule has 1 N–H and O–H groups in total. The highest BCUT2D eigenvalue weighted by molar-refractivity contribution is 6.31. The minimum absolute atomic E-state index is 0.165. The third-order valence-corrected chi connectivity index (χ3v) is 6.44. The Labute approximate surface area is 209 Å². The first-order valence-electron chi connectivity index (χ1n) is 11.5. The molecule has 0 aliphatic carbocycles. The molecule has 3 heterocycles. The highest BCUT2D eigenvalue weighted by Gasteiger charge is 2.24. The number of hydrogen-bond acceptors (Lipinski definition) is 5. The predicted octanol–water partition coefficient (Wildman–Crippen LogP) is 4.74. The molecule has 2 aromatic carbocycles. The summed E-state index contributed by atoms with van der Waals surface area (Å²) in [5.41, 5.74) is 4.53. The SMILES string of the molecule is COc1ccc(Cl)cc1NC(=O)N1CCN(Cc2nc3cccnc3n2-c2ccc(C)cc2)CC1. The Morgan fingerprint density at radius 3 is 2.60 bits per heavy atom. The third kappa shape index (κ3) is 4.94. The predicted molar refractivity (Wildman–Crippen MR) is 137 cm³/mol. The van der Waals surface area contributed by atoms with E-state index in [1.165, 1.54) is 5.56 Å². The summed E-state index contributed by atoms with van der Waals surface area (Å²) in [6, 6.07) is 17.3. The number of rotatable bonds is 5. The fraction of sp³-hybridized carbons (Fsp3) is 0.269. The largest absolute Gasteiger partial charge is 0.495 e. The van der Waals surface area contributed by atoms with Crippen molar-refractivity contribution in [3.05, 3.63) is 77.2 Å². The van der Waals surface area contributed by atoms with Crippen LogP contribution in [0.5, 0.6) is 5.75 Å². The number of imidazole rings is 1. The Morgan fingerprint density at radius 1 is 1.09 bits per heavy atom. The molecule has 5 rings (SSSR count). The molecular weight excluding hydrogens is 464 g/mol. The molecule has 0 unspecified atom stereocenters. The Kier molecular flexibility index (Phi) is 6.57. The molecule has 4 aromatic rings. The van der Waals surface area contributed by atoms with Crippen LogP contribution in [0.15, 0.2) is 60.8 Å². The van der Waals surface area contributed by atoms with E-state index < -0.39 is 0 Å².